The zero-order valence-corrected chi connectivity index (χ0v) is 8.33. The van der Waals surface area contributed by atoms with E-state index in [1.54, 1.807) is 0 Å². The van der Waals surface area contributed by atoms with Crippen molar-refractivity contribution in [1.82, 2.24) is 0 Å². The van der Waals surface area contributed by atoms with Crippen molar-refractivity contribution in [1.29, 1.82) is 0 Å². The van der Waals surface area contributed by atoms with Crippen LogP contribution in [0.3, 0.4) is 0 Å². The lowest BCUT2D eigenvalue weighted by Gasteiger charge is -2.03. The molecule has 2 aromatic carbocycles. The number of hydrogen-bond acceptors (Lipinski definition) is 0. The summed E-state index contributed by atoms with van der Waals surface area (Å²) in [6.45, 7) is 0. The zero-order valence-electron chi connectivity index (χ0n) is 8.33. The minimum atomic E-state index is 1.10. The van der Waals surface area contributed by atoms with Gasteiger partial charge in [-0.3, -0.25) is 0 Å². The molecule has 0 atom stereocenters. The molecule has 0 spiro atoms. The van der Waals surface area contributed by atoms with Gasteiger partial charge in [-0.1, -0.05) is 47.9 Å². The van der Waals surface area contributed by atoms with Gasteiger partial charge in [0.1, 0.15) is 0 Å². The Hall–Kier alpha value is -1.76. The van der Waals surface area contributed by atoms with Crippen molar-refractivity contribution in [3.63, 3.8) is 0 Å². The SMILES string of the molecule is B1C=CC2=C1c1cccc3cccc2c13. The normalized spacial score (nSPS) is 16.0. The Morgan fingerprint density at radius 3 is 2.53 bits per heavy atom. The Bertz CT molecular complexity index is 642. The highest BCUT2D eigenvalue weighted by atomic mass is 14.2. The molecule has 0 fully saturated rings. The van der Waals surface area contributed by atoms with Crippen LogP contribution in [0, 0.1) is 0 Å². The van der Waals surface area contributed by atoms with E-state index in [0.717, 1.165) is 7.28 Å². The fraction of sp³-hybridized carbons (Fsp3) is 0. The monoisotopic (exact) mass is 188 g/mol. The van der Waals surface area contributed by atoms with Crippen molar-refractivity contribution >= 4 is 29.1 Å². The number of fused-ring (bicyclic) bond motifs is 2. The largest absolute Gasteiger partial charge is 0.184 e. The van der Waals surface area contributed by atoms with Gasteiger partial charge in [-0.2, -0.15) is 0 Å². The van der Waals surface area contributed by atoms with Crippen LogP contribution in [0.15, 0.2) is 48.4 Å². The van der Waals surface area contributed by atoms with Gasteiger partial charge >= 0.3 is 0 Å². The topological polar surface area (TPSA) is 0 Å². The second-order valence-corrected chi connectivity index (χ2v) is 4.21. The molecule has 0 bridgehead atoms. The first-order chi connectivity index (χ1) is 7.45. The van der Waals surface area contributed by atoms with E-state index >= 15 is 0 Å². The Morgan fingerprint density at radius 1 is 0.867 bits per heavy atom. The molecular weight excluding hydrogens is 179 g/mol. The summed E-state index contributed by atoms with van der Waals surface area (Å²) in [6.07, 6.45) is 2.27. The van der Waals surface area contributed by atoms with Crippen molar-refractivity contribution in [3.05, 3.63) is 59.6 Å². The lowest BCUT2D eigenvalue weighted by Crippen LogP contribution is -1.87. The zero-order chi connectivity index (χ0) is 9.83. The van der Waals surface area contributed by atoms with Crippen LogP contribution in [0.5, 0.6) is 0 Å². The molecular formula is C14H9B. The summed E-state index contributed by atoms with van der Waals surface area (Å²) >= 11 is 0. The molecule has 2 aromatic rings. The molecule has 0 nitrogen and oxygen atoms in total. The van der Waals surface area contributed by atoms with Gasteiger partial charge in [0.05, 0.1) is 0 Å². The average Bonchev–Trinajstić information content (AvgIpc) is 2.84. The van der Waals surface area contributed by atoms with Gasteiger partial charge < -0.3 is 0 Å². The first-order valence-corrected chi connectivity index (χ1v) is 5.37. The van der Waals surface area contributed by atoms with E-state index < -0.39 is 0 Å². The van der Waals surface area contributed by atoms with Crippen molar-refractivity contribution < 1.29 is 0 Å². The molecule has 1 aliphatic carbocycles. The number of allylic oxidation sites excluding steroid dienone is 2. The summed E-state index contributed by atoms with van der Waals surface area (Å²) in [5.41, 5.74) is 5.83. The smallest absolute Gasteiger partial charge is 0.113 e. The summed E-state index contributed by atoms with van der Waals surface area (Å²) in [4.78, 5) is 0. The highest BCUT2D eigenvalue weighted by molar-refractivity contribution is 6.72. The maximum absolute atomic E-state index is 2.27. The van der Waals surface area contributed by atoms with Crippen LogP contribution in [0.25, 0.3) is 21.8 Å². The van der Waals surface area contributed by atoms with E-state index in [0.29, 0.717) is 0 Å². The third kappa shape index (κ3) is 0.794. The predicted molar refractivity (Wildman–Crippen MR) is 67.1 cm³/mol. The molecule has 0 N–H and O–H groups in total. The van der Waals surface area contributed by atoms with Crippen LogP contribution in [0.2, 0.25) is 0 Å². The minimum Gasteiger partial charge on any atom is -0.113 e. The van der Waals surface area contributed by atoms with Gasteiger partial charge in [0.2, 0.25) is 0 Å². The summed E-state index contributed by atoms with van der Waals surface area (Å²) < 4.78 is 0. The van der Waals surface area contributed by atoms with E-state index in [4.69, 9.17) is 0 Å². The highest BCUT2D eigenvalue weighted by Crippen LogP contribution is 2.43. The standard InChI is InChI=1S/C14H9B/c1-3-9-4-2-6-12-13(9)10(5-1)11-7-8-15-14(11)12/h1-8,15H. The molecule has 0 aromatic heterocycles. The van der Waals surface area contributed by atoms with E-state index in [1.165, 1.54) is 32.9 Å². The molecule has 1 heterocycles. The Kier molecular flexibility index (Phi) is 1.22. The lowest BCUT2D eigenvalue weighted by atomic mass is 9.70. The van der Waals surface area contributed by atoms with Crippen molar-refractivity contribution in [2.75, 3.05) is 0 Å². The number of benzene rings is 2. The second-order valence-electron chi connectivity index (χ2n) is 4.21. The van der Waals surface area contributed by atoms with Crippen LogP contribution in [0.1, 0.15) is 11.1 Å². The lowest BCUT2D eigenvalue weighted by molar-refractivity contribution is 1.70. The van der Waals surface area contributed by atoms with E-state index in [2.05, 4.69) is 48.4 Å². The first-order valence-electron chi connectivity index (χ1n) is 5.37. The Labute approximate surface area is 89.2 Å². The molecule has 0 amide bonds. The van der Waals surface area contributed by atoms with E-state index in [9.17, 15) is 0 Å². The van der Waals surface area contributed by atoms with Gasteiger partial charge in [-0.25, -0.2) is 0 Å². The predicted octanol–water partition coefficient (Wildman–Crippen LogP) is 2.99. The summed E-state index contributed by atoms with van der Waals surface area (Å²) in [5, 5.41) is 2.82. The van der Waals surface area contributed by atoms with Crippen molar-refractivity contribution in [2.45, 2.75) is 0 Å². The Morgan fingerprint density at radius 2 is 1.67 bits per heavy atom. The van der Waals surface area contributed by atoms with Gasteiger partial charge in [0.25, 0.3) is 0 Å². The first kappa shape index (κ1) is 7.53. The third-order valence-electron chi connectivity index (χ3n) is 3.45. The van der Waals surface area contributed by atoms with Gasteiger partial charge in [0, 0.05) is 0 Å². The molecule has 1 heteroatoms. The molecule has 1 aliphatic heterocycles. The number of hydrogen-bond donors (Lipinski definition) is 0. The van der Waals surface area contributed by atoms with Gasteiger partial charge in [0.15, 0.2) is 7.28 Å². The molecule has 0 radical (unpaired) electrons. The summed E-state index contributed by atoms with van der Waals surface area (Å²) in [7, 11) is 1.10. The Balaban J connectivity index is 2.26. The molecule has 4 rings (SSSR count). The molecule has 0 saturated carbocycles. The molecule has 0 unspecified atom stereocenters. The molecule has 68 valence electrons. The van der Waals surface area contributed by atoms with Crippen LogP contribution in [-0.4, -0.2) is 7.28 Å². The van der Waals surface area contributed by atoms with Gasteiger partial charge in [-0.05, 0) is 27.5 Å². The van der Waals surface area contributed by atoms with Crippen molar-refractivity contribution in [3.8, 4) is 0 Å². The summed E-state index contributed by atoms with van der Waals surface area (Å²) in [5.74, 6) is 2.26. The highest BCUT2D eigenvalue weighted by Gasteiger charge is 2.23. The third-order valence-corrected chi connectivity index (χ3v) is 3.45. The average molecular weight is 188 g/mol. The quantitative estimate of drug-likeness (QED) is 0.557. The van der Waals surface area contributed by atoms with Crippen LogP contribution >= 0.6 is 0 Å². The molecule has 2 aliphatic rings. The summed E-state index contributed by atoms with van der Waals surface area (Å²) in [6, 6.07) is 13.2. The maximum Gasteiger partial charge on any atom is 0.184 e. The van der Waals surface area contributed by atoms with Crippen LogP contribution in [0.4, 0.5) is 0 Å². The van der Waals surface area contributed by atoms with Crippen LogP contribution in [-0.2, 0) is 0 Å². The van der Waals surface area contributed by atoms with Crippen molar-refractivity contribution in [2.24, 2.45) is 0 Å². The van der Waals surface area contributed by atoms with E-state index in [1.807, 2.05) is 0 Å². The van der Waals surface area contributed by atoms with Crippen LogP contribution < -0.4 is 0 Å². The minimum absolute atomic E-state index is 1.10. The fourth-order valence-electron chi connectivity index (χ4n) is 2.83. The maximum atomic E-state index is 2.27. The molecule has 0 saturated heterocycles. The van der Waals surface area contributed by atoms with Gasteiger partial charge in [-0.15, -0.1) is 5.98 Å². The second kappa shape index (κ2) is 2.43. The fourth-order valence-corrected chi connectivity index (χ4v) is 2.83. The number of rotatable bonds is 0. The molecule has 15 heavy (non-hydrogen) atoms. The van der Waals surface area contributed by atoms with E-state index in [-0.39, 0.29) is 0 Å².